The summed E-state index contributed by atoms with van der Waals surface area (Å²) in [5.41, 5.74) is 4.58. The van der Waals surface area contributed by atoms with E-state index in [-0.39, 0.29) is 5.91 Å². The number of benzene rings is 1. The second kappa shape index (κ2) is 5.88. The van der Waals surface area contributed by atoms with Crippen molar-refractivity contribution in [3.05, 3.63) is 29.1 Å². The van der Waals surface area contributed by atoms with Gasteiger partial charge in [-0.15, -0.1) is 0 Å². The van der Waals surface area contributed by atoms with Crippen LogP contribution in [0.3, 0.4) is 0 Å². The van der Waals surface area contributed by atoms with Crippen LogP contribution in [-0.4, -0.2) is 58.4 Å². The van der Waals surface area contributed by atoms with Crippen LogP contribution in [0.25, 0.3) is 11.0 Å². The number of amides is 1. The molecule has 128 valence electrons. The van der Waals surface area contributed by atoms with Crippen LogP contribution in [0.15, 0.2) is 12.1 Å². The summed E-state index contributed by atoms with van der Waals surface area (Å²) in [6.07, 6.45) is 2.46. The van der Waals surface area contributed by atoms with Gasteiger partial charge < -0.3 is 14.8 Å². The third-order valence-corrected chi connectivity index (χ3v) is 5.98. The number of H-pyrrole nitrogens is 1. The van der Waals surface area contributed by atoms with Crippen molar-refractivity contribution in [1.29, 1.82) is 0 Å². The molecule has 2 aromatic rings. The summed E-state index contributed by atoms with van der Waals surface area (Å²) in [4.78, 5) is 25.1. The predicted octanol–water partition coefficient (Wildman–Crippen LogP) is 2.27. The van der Waals surface area contributed by atoms with Gasteiger partial charge in [0.25, 0.3) is 0 Å². The summed E-state index contributed by atoms with van der Waals surface area (Å²) in [5.74, 6) is 1.87. The molecule has 0 saturated carbocycles. The Kier molecular flexibility index (Phi) is 3.83. The highest BCUT2D eigenvalue weighted by Gasteiger charge is 2.40. The molecule has 1 aromatic heterocycles. The number of carbonyl (C=O) groups excluding carboxylic acids is 1. The number of rotatable bonds is 3. The summed E-state index contributed by atoms with van der Waals surface area (Å²) in [6, 6.07) is 4.77. The van der Waals surface area contributed by atoms with Crippen molar-refractivity contribution in [3.8, 4) is 0 Å². The van der Waals surface area contributed by atoms with Gasteiger partial charge in [0.2, 0.25) is 5.91 Å². The lowest BCUT2D eigenvalue weighted by atomic mass is 10.1. The minimum atomic E-state index is 0.270. The number of likely N-dealkylation sites (tertiary alicyclic amines) is 2. The Morgan fingerprint density at radius 2 is 2.17 bits per heavy atom. The smallest absolute Gasteiger partial charge is 0.223 e. The van der Waals surface area contributed by atoms with Gasteiger partial charge in [-0.25, -0.2) is 4.98 Å². The number of carbonyl (C=O) groups is 1. The average molecular weight is 326 g/mol. The van der Waals surface area contributed by atoms with E-state index in [1.165, 1.54) is 24.1 Å². The van der Waals surface area contributed by atoms with E-state index in [1.54, 1.807) is 0 Å². The van der Waals surface area contributed by atoms with E-state index in [9.17, 15) is 4.79 Å². The number of imidazole rings is 1. The zero-order valence-corrected chi connectivity index (χ0v) is 14.8. The number of hydrogen-bond acceptors (Lipinski definition) is 3. The molecule has 2 unspecified atom stereocenters. The number of hydrogen-bond donors (Lipinski definition) is 1. The monoisotopic (exact) mass is 326 g/mol. The molecule has 2 fully saturated rings. The van der Waals surface area contributed by atoms with Crippen molar-refractivity contribution < 1.29 is 4.79 Å². The average Bonchev–Trinajstić information content (AvgIpc) is 3.25. The van der Waals surface area contributed by atoms with Crippen molar-refractivity contribution >= 4 is 16.9 Å². The molecular formula is C19H26N4O. The van der Waals surface area contributed by atoms with Crippen LogP contribution in [0.1, 0.15) is 29.8 Å². The molecule has 2 atom stereocenters. The van der Waals surface area contributed by atoms with Crippen LogP contribution in [-0.2, 0) is 11.2 Å². The molecule has 1 aromatic carbocycles. The minimum Gasteiger partial charge on any atom is -0.342 e. The SMILES string of the molecule is Cc1ccc2[nH]c(CCC(=O)N3CC4CCN(C)C4C3)nc2c1C. The topological polar surface area (TPSA) is 52.2 Å². The lowest BCUT2D eigenvalue weighted by Gasteiger charge is -2.20. The van der Waals surface area contributed by atoms with Crippen LogP contribution in [0.2, 0.25) is 0 Å². The Morgan fingerprint density at radius 1 is 1.33 bits per heavy atom. The molecule has 4 rings (SSSR count). The van der Waals surface area contributed by atoms with Crippen LogP contribution >= 0.6 is 0 Å². The molecule has 0 aliphatic carbocycles. The molecule has 1 N–H and O–H groups in total. The Morgan fingerprint density at radius 3 is 2.96 bits per heavy atom. The Bertz CT molecular complexity index is 781. The molecular weight excluding hydrogens is 300 g/mol. The first kappa shape index (κ1) is 15.6. The predicted molar refractivity (Wildman–Crippen MR) is 95.0 cm³/mol. The van der Waals surface area contributed by atoms with E-state index >= 15 is 0 Å². The number of likely N-dealkylation sites (N-methyl/N-ethyl adjacent to an activating group) is 1. The van der Waals surface area contributed by atoms with Gasteiger partial charge in [-0.2, -0.15) is 0 Å². The number of aromatic amines is 1. The van der Waals surface area contributed by atoms with Crippen molar-refractivity contribution in [2.45, 2.75) is 39.2 Å². The molecule has 5 nitrogen and oxygen atoms in total. The van der Waals surface area contributed by atoms with Crippen LogP contribution < -0.4 is 0 Å². The fourth-order valence-electron chi connectivity index (χ4n) is 4.24. The Hall–Kier alpha value is -1.88. The van der Waals surface area contributed by atoms with Gasteiger partial charge in [0.05, 0.1) is 11.0 Å². The van der Waals surface area contributed by atoms with Crippen LogP contribution in [0, 0.1) is 19.8 Å². The van der Waals surface area contributed by atoms with Crippen LogP contribution in [0.5, 0.6) is 0 Å². The highest BCUT2D eigenvalue weighted by molar-refractivity contribution is 5.80. The number of aromatic nitrogens is 2. The molecule has 0 spiro atoms. The van der Waals surface area contributed by atoms with Crippen LogP contribution in [0.4, 0.5) is 0 Å². The summed E-state index contributed by atoms with van der Waals surface area (Å²) in [6.45, 7) is 7.22. The molecule has 24 heavy (non-hydrogen) atoms. The maximum absolute atomic E-state index is 12.6. The first-order valence-electron chi connectivity index (χ1n) is 8.95. The Labute approximate surface area is 143 Å². The molecule has 0 bridgehead atoms. The van der Waals surface area contributed by atoms with Crippen molar-refractivity contribution in [2.75, 3.05) is 26.7 Å². The van der Waals surface area contributed by atoms with Gasteiger partial charge >= 0.3 is 0 Å². The molecule has 5 heteroatoms. The van der Waals surface area contributed by atoms with Gasteiger partial charge in [0.1, 0.15) is 5.82 Å². The molecule has 2 aliphatic heterocycles. The third-order valence-electron chi connectivity index (χ3n) is 5.98. The first-order valence-corrected chi connectivity index (χ1v) is 8.95. The highest BCUT2D eigenvalue weighted by atomic mass is 16.2. The molecule has 0 radical (unpaired) electrons. The van der Waals surface area contributed by atoms with Gasteiger partial charge in [0, 0.05) is 32.0 Å². The highest BCUT2D eigenvalue weighted by Crippen LogP contribution is 2.30. The largest absolute Gasteiger partial charge is 0.342 e. The Balaban J connectivity index is 1.40. The normalized spacial score (nSPS) is 24.0. The van der Waals surface area contributed by atoms with E-state index in [4.69, 9.17) is 4.98 Å². The first-order chi connectivity index (χ1) is 11.5. The lowest BCUT2D eigenvalue weighted by molar-refractivity contribution is -0.130. The fraction of sp³-hybridized carbons (Fsp3) is 0.579. The lowest BCUT2D eigenvalue weighted by Crippen LogP contribution is -2.35. The molecule has 2 saturated heterocycles. The number of aryl methyl sites for hydroxylation is 3. The fourth-order valence-corrected chi connectivity index (χ4v) is 4.24. The standard InChI is InChI=1S/C19H26N4O/c1-12-4-5-15-19(13(12)2)21-17(20-15)6-7-18(24)23-10-14-8-9-22(3)16(14)11-23/h4-5,14,16H,6-11H2,1-3H3,(H,20,21). The zero-order valence-electron chi connectivity index (χ0n) is 14.8. The van der Waals surface area contributed by atoms with E-state index < -0.39 is 0 Å². The van der Waals surface area contributed by atoms with Crippen molar-refractivity contribution in [3.63, 3.8) is 0 Å². The van der Waals surface area contributed by atoms with Gasteiger partial charge in [-0.05, 0) is 57.0 Å². The van der Waals surface area contributed by atoms with Gasteiger partial charge in [-0.3, -0.25) is 4.79 Å². The van der Waals surface area contributed by atoms with Gasteiger partial charge in [0.15, 0.2) is 0 Å². The number of nitrogens with zero attached hydrogens (tertiary/aromatic N) is 3. The molecule has 3 heterocycles. The number of nitrogens with one attached hydrogen (secondary N) is 1. The van der Waals surface area contributed by atoms with Crippen molar-refractivity contribution in [2.24, 2.45) is 5.92 Å². The van der Waals surface area contributed by atoms with E-state index in [0.717, 1.165) is 29.9 Å². The van der Waals surface area contributed by atoms with E-state index in [0.29, 0.717) is 24.8 Å². The molecule has 1 amide bonds. The van der Waals surface area contributed by atoms with Crippen molar-refractivity contribution in [1.82, 2.24) is 19.8 Å². The second-order valence-corrected chi connectivity index (χ2v) is 7.48. The van der Waals surface area contributed by atoms with E-state index in [2.05, 4.69) is 47.8 Å². The quantitative estimate of drug-likeness (QED) is 0.941. The third kappa shape index (κ3) is 2.61. The minimum absolute atomic E-state index is 0.270. The summed E-state index contributed by atoms with van der Waals surface area (Å²) < 4.78 is 0. The molecule has 2 aliphatic rings. The van der Waals surface area contributed by atoms with Gasteiger partial charge in [-0.1, -0.05) is 6.07 Å². The summed E-state index contributed by atoms with van der Waals surface area (Å²) >= 11 is 0. The zero-order chi connectivity index (χ0) is 16.8. The summed E-state index contributed by atoms with van der Waals surface area (Å²) in [5, 5.41) is 0. The number of fused-ring (bicyclic) bond motifs is 2. The maximum atomic E-state index is 12.6. The van der Waals surface area contributed by atoms with E-state index in [1.807, 2.05) is 0 Å². The summed E-state index contributed by atoms with van der Waals surface area (Å²) in [7, 11) is 2.18. The second-order valence-electron chi connectivity index (χ2n) is 7.48. The maximum Gasteiger partial charge on any atom is 0.223 e.